The summed E-state index contributed by atoms with van der Waals surface area (Å²) in [5, 5.41) is 2.61. The van der Waals surface area contributed by atoms with Gasteiger partial charge < -0.3 is 14.6 Å². The largest absolute Gasteiger partial charge is 0.463 e. The van der Waals surface area contributed by atoms with Gasteiger partial charge in [-0.05, 0) is 44.1 Å². The number of rotatable bonds is 14. The minimum Gasteiger partial charge on any atom is -0.463 e. The lowest BCUT2D eigenvalue weighted by Crippen LogP contribution is -2.41. The number of pyridine rings is 1. The van der Waals surface area contributed by atoms with Crippen LogP contribution in [0.25, 0.3) is 0 Å². The molecule has 196 valence electrons. The summed E-state index contributed by atoms with van der Waals surface area (Å²) in [6.07, 6.45) is 6.98. The topological polar surface area (TPSA) is 112 Å². The first-order valence-electron chi connectivity index (χ1n) is 11.8. The lowest BCUT2D eigenvalue weighted by Gasteiger charge is -2.17. The van der Waals surface area contributed by atoms with E-state index < -0.39 is 12.0 Å². The summed E-state index contributed by atoms with van der Waals surface area (Å²) in [5.74, 6) is -1.17. The quantitative estimate of drug-likeness (QED) is 0.314. The number of ketones is 2. The molecule has 0 aliphatic rings. The van der Waals surface area contributed by atoms with Crippen LogP contribution in [0.2, 0.25) is 0 Å². The number of Topliss-reactive ketones (excluding diaryl/α,β-unsaturated/α-hetero) is 2. The van der Waals surface area contributed by atoms with Gasteiger partial charge in [0.25, 0.3) is 5.56 Å². The molecule has 1 rings (SSSR count). The highest BCUT2D eigenvalue weighted by Gasteiger charge is 2.21. The van der Waals surface area contributed by atoms with Crippen molar-refractivity contribution in [2.75, 3.05) is 6.61 Å². The smallest absolute Gasteiger partial charge is 0.330 e. The molecule has 0 fully saturated rings. The van der Waals surface area contributed by atoms with Gasteiger partial charge in [0.2, 0.25) is 5.91 Å². The Hall–Kier alpha value is -3.03. The van der Waals surface area contributed by atoms with Crippen molar-refractivity contribution in [3.63, 3.8) is 0 Å². The SMILES string of the molecule is C.CCOC(=O)/C=C/CC[C@H](NC(C)=O)C(=O)Cc1cccn(CC(=O)CCCC(C)(C)C)c1=O. The lowest BCUT2D eigenvalue weighted by molar-refractivity contribution is -0.137. The molecule has 0 aromatic carbocycles. The molecule has 0 spiro atoms. The molecule has 0 aliphatic carbocycles. The minimum atomic E-state index is -0.795. The van der Waals surface area contributed by atoms with Gasteiger partial charge in [0, 0.05) is 37.6 Å². The summed E-state index contributed by atoms with van der Waals surface area (Å²) >= 11 is 0. The van der Waals surface area contributed by atoms with Gasteiger partial charge >= 0.3 is 5.97 Å². The van der Waals surface area contributed by atoms with Crippen molar-refractivity contribution in [1.29, 1.82) is 0 Å². The fourth-order valence-electron chi connectivity index (χ4n) is 3.43. The summed E-state index contributed by atoms with van der Waals surface area (Å²) < 4.78 is 6.14. The van der Waals surface area contributed by atoms with Crippen molar-refractivity contribution >= 4 is 23.4 Å². The minimum absolute atomic E-state index is 0. The lowest BCUT2D eigenvalue weighted by atomic mass is 9.89. The van der Waals surface area contributed by atoms with Gasteiger partial charge in [-0.15, -0.1) is 0 Å². The van der Waals surface area contributed by atoms with E-state index in [0.717, 1.165) is 12.8 Å². The number of aromatic nitrogens is 1. The zero-order chi connectivity index (χ0) is 25.7. The Morgan fingerprint density at radius 2 is 1.89 bits per heavy atom. The second kappa shape index (κ2) is 15.8. The first kappa shape index (κ1) is 32.0. The monoisotopic (exact) mass is 490 g/mol. The zero-order valence-corrected chi connectivity index (χ0v) is 21.0. The van der Waals surface area contributed by atoms with Gasteiger partial charge in [0.05, 0.1) is 19.2 Å². The van der Waals surface area contributed by atoms with E-state index in [2.05, 4.69) is 26.1 Å². The van der Waals surface area contributed by atoms with Crippen molar-refractivity contribution in [2.24, 2.45) is 5.41 Å². The van der Waals surface area contributed by atoms with Crippen molar-refractivity contribution in [2.45, 2.75) is 93.2 Å². The van der Waals surface area contributed by atoms with Crippen LogP contribution in [0, 0.1) is 5.41 Å². The predicted molar refractivity (Wildman–Crippen MR) is 137 cm³/mol. The molecule has 1 aromatic rings. The van der Waals surface area contributed by atoms with E-state index in [9.17, 15) is 24.0 Å². The van der Waals surface area contributed by atoms with Gasteiger partial charge in [-0.1, -0.05) is 40.3 Å². The number of carbonyl (C=O) groups excluding carboxylic acids is 4. The zero-order valence-electron chi connectivity index (χ0n) is 21.0. The van der Waals surface area contributed by atoms with Crippen molar-refractivity contribution in [3.05, 3.63) is 46.4 Å². The third-order valence-electron chi connectivity index (χ3n) is 5.12. The van der Waals surface area contributed by atoms with E-state index in [1.807, 2.05) is 0 Å². The molecule has 8 heteroatoms. The number of carbonyl (C=O) groups is 4. The van der Waals surface area contributed by atoms with Crippen molar-refractivity contribution in [1.82, 2.24) is 9.88 Å². The van der Waals surface area contributed by atoms with Crippen LogP contribution in [0.5, 0.6) is 0 Å². The van der Waals surface area contributed by atoms with Crippen LogP contribution >= 0.6 is 0 Å². The highest BCUT2D eigenvalue weighted by Crippen LogP contribution is 2.21. The normalized spacial score (nSPS) is 12.0. The molecule has 1 amide bonds. The molecule has 0 saturated heterocycles. The number of amides is 1. The van der Waals surface area contributed by atoms with Gasteiger partial charge in [-0.2, -0.15) is 0 Å². The average molecular weight is 491 g/mol. The molecule has 8 nitrogen and oxygen atoms in total. The Labute approximate surface area is 209 Å². The molecule has 0 radical (unpaired) electrons. The fourth-order valence-corrected chi connectivity index (χ4v) is 3.43. The van der Waals surface area contributed by atoms with Crippen LogP contribution in [0.4, 0.5) is 0 Å². The highest BCUT2D eigenvalue weighted by atomic mass is 16.5. The van der Waals surface area contributed by atoms with E-state index in [1.54, 1.807) is 31.3 Å². The van der Waals surface area contributed by atoms with E-state index in [0.29, 0.717) is 12.8 Å². The third kappa shape index (κ3) is 13.4. The first-order valence-corrected chi connectivity index (χ1v) is 11.8. The Balaban J connectivity index is 0.0000116. The summed E-state index contributed by atoms with van der Waals surface area (Å²) in [6.45, 7) is 9.62. The summed E-state index contributed by atoms with van der Waals surface area (Å²) in [4.78, 5) is 61.0. The van der Waals surface area contributed by atoms with Crippen LogP contribution in [0.15, 0.2) is 35.3 Å². The number of hydrogen-bond acceptors (Lipinski definition) is 6. The maximum absolute atomic E-state index is 12.9. The Morgan fingerprint density at radius 3 is 2.49 bits per heavy atom. The van der Waals surface area contributed by atoms with Gasteiger partial charge in [-0.3, -0.25) is 19.2 Å². The third-order valence-corrected chi connectivity index (χ3v) is 5.12. The maximum Gasteiger partial charge on any atom is 0.330 e. The number of esters is 1. The standard InChI is InChI=1S/C26H38N2O6.CH4/c1-6-34-24(32)14-8-7-13-22(27-19(2)29)23(31)17-20-11-10-16-28(25(20)33)18-21(30)12-9-15-26(3,4)5;/h8,10-11,14,16,22H,6-7,9,12-13,15,17-18H2,1-5H3,(H,27,29);1H4/b14-8+;/t22-;/m0./s1. The summed E-state index contributed by atoms with van der Waals surface area (Å²) in [7, 11) is 0. The van der Waals surface area contributed by atoms with E-state index in [-0.39, 0.29) is 67.4 Å². The fraction of sp³-hybridized carbons (Fsp3) is 0.593. The molecular formula is C27H42N2O6. The molecule has 0 unspecified atom stereocenters. The van der Waals surface area contributed by atoms with Crippen LogP contribution < -0.4 is 10.9 Å². The van der Waals surface area contributed by atoms with Crippen LogP contribution in [0.3, 0.4) is 0 Å². The molecular weight excluding hydrogens is 448 g/mol. The van der Waals surface area contributed by atoms with E-state index in [4.69, 9.17) is 4.74 Å². The Kier molecular flexibility index (Phi) is 14.4. The number of ether oxygens (including phenoxy) is 1. The predicted octanol–water partition coefficient (Wildman–Crippen LogP) is 3.79. The Bertz CT molecular complexity index is 940. The molecule has 1 N–H and O–H groups in total. The second-order valence-electron chi connectivity index (χ2n) is 9.55. The highest BCUT2D eigenvalue weighted by molar-refractivity contribution is 5.90. The maximum atomic E-state index is 12.9. The summed E-state index contributed by atoms with van der Waals surface area (Å²) in [5.41, 5.74) is 0.0346. The molecule has 1 aromatic heterocycles. The number of allylic oxidation sites excluding steroid dienone is 1. The average Bonchev–Trinajstić information content (AvgIpc) is 2.72. The van der Waals surface area contributed by atoms with Gasteiger partial charge in [-0.25, -0.2) is 4.79 Å². The summed E-state index contributed by atoms with van der Waals surface area (Å²) in [6, 6.07) is 2.41. The van der Waals surface area contributed by atoms with Crippen LogP contribution in [-0.2, 0) is 36.9 Å². The molecule has 0 bridgehead atoms. The molecule has 35 heavy (non-hydrogen) atoms. The van der Waals surface area contributed by atoms with Crippen LogP contribution in [-0.4, -0.2) is 40.7 Å². The van der Waals surface area contributed by atoms with E-state index in [1.165, 1.54) is 17.6 Å². The number of hydrogen-bond donors (Lipinski definition) is 1. The van der Waals surface area contributed by atoms with Gasteiger partial charge in [0.15, 0.2) is 11.6 Å². The molecule has 1 heterocycles. The Morgan fingerprint density at radius 1 is 1.20 bits per heavy atom. The van der Waals surface area contributed by atoms with Gasteiger partial charge in [0.1, 0.15) is 0 Å². The molecule has 0 aliphatic heterocycles. The second-order valence-corrected chi connectivity index (χ2v) is 9.55. The number of nitrogens with zero attached hydrogens (tertiary/aromatic N) is 1. The molecule has 1 atom stereocenters. The van der Waals surface area contributed by atoms with Crippen molar-refractivity contribution in [3.8, 4) is 0 Å². The van der Waals surface area contributed by atoms with Crippen LogP contribution in [0.1, 0.15) is 79.7 Å². The van der Waals surface area contributed by atoms with Crippen molar-refractivity contribution < 1.29 is 23.9 Å². The first-order chi connectivity index (χ1) is 15.9. The number of nitrogens with one attached hydrogen (secondary N) is 1. The molecule has 0 saturated carbocycles. The van der Waals surface area contributed by atoms with E-state index >= 15 is 0 Å².